The van der Waals surface area contributed by atoms with Crippen LogP contribution < -0.4 is 0 Å². The van der Waals surface area contributed by atoms with Gasteiger partial charge in [-0.2, -0.15) is 5.10 Å². The van der Waals surface area contributed by atoms with Crippen molar-refractivity contribution >= 4 is 11.6 Å². The van der Waals surface area contributed by atoms with E-state index in [2.05, 4.69) is 5.10 Å². The predicted octanol–water partition coefficient (Wildman–Crippen LogP) is 3.67. The summed E-state index contributed by atoms with van der Waals surface area (Å²) in [6, 6.07) is 4.87. The molecule has 4 heteroatoms. The monoisotopic (exact) mass is 238 g/mol. The molecule has 0 unspecified atom stereocenters. The largest absolute Gasteiger partial charge is 0.264 e. The normalized spacial score (nSPS) is 10.8. The van der Waals surface area contributed by atoms with E-state index in [0.717, 1.165) is 16.8 Å². The number of hydrogen-bond acceptors (Lipinski definition) is 1. The molecule has 2 nitrogen and oxygen atoms in total. The minimum Gasteiger partial charge on any atom is -0.264 e. The van der Waals surface area contributed by atoms with Gasteiger partial charge in [-0.05, 0) is 37.6 Å². The zero-order valence-electron chi connectivity index (χ0n) is 9.17. The van der Waals surface area contributed by atoms with Gasteiger partial charge in [0.1, 0.15) is 5.82 Å². The number of nitrogens with zero attached hydrogens (tertiary/aromatic N) is 2. The zero-order valence-corrected chi connectivity index (χ0v) is 9.92. The Labute approximate surface area is 98.7 Å². The second kappa shape index (κ2) is 4.26. The molecule has 0 radical (unpaired) electrons. The highest BCUT2D eigenvalue weighted by atomic mass is 35.5. The van der Waals surface area contributed by atoms with Crippen LogP contribution in [0.1, 0.15) is 12.5 Å². The van der Waals surface area contributed by atoms with Crippen LogP contribution in [0.3, 0.4) is 0 Å². The number of aromatic nitrogens is 2. The third-order valence-corrected chi connectivity index (χ3v) is 2.69. The van der Waals surface area contributed by atoms with Crippen LogP contribution in [0.4, 0.5) is 4.39 Å². The van der Waals surface area contributed by atoms with Gasteiger partial charge in [-0.3, -0.25) is 4.68 Å². The highest BCUT2D eigenvalue weighted by Gasteiger charge is 2.11. The van der Waals surface area contributed by atoms with E-state index in [1.54, 1.807) is 10.9 Å². The van der Waals surface area contributed by atoms with E-state index in [-0.39, 0.29) is 5.82 Å². The highest BCUT2D eigenvalue weighted by molar-refractivity contribution is 6.33. The van der Waals surface area contributed by atoms with Crippen molar-refractivity contribution in [2.45, 2.75) is 20.4 Å². The summed E-state index contributed by atoms with van der Waals surface area (Å²) in [7, 11) is 0. The van der Waals surface area contributed by atoms with Crippen molar-refractivity contribution in [3.8, 4) is 11.3 Å². The molecule has 2 rings (SSSR count). The zero-order chi connectivity index (χ0) is 11.7. The van der Waals surface area contributed by atoms with Gasteiger partial charge in [0, 0.05) is 12.1 Å². The van der Waals surface area contributed by atoms with Crippen LogP contribution in [0.2, 0.25) is 5.02 Å². The summed E-state index contributed by atoms with van der Waals surface area (Å²) in [6.45, 7) is 4.53. The molecule has 16 heavy (non-hydrogen) atoms. The summed E-state index contributed by atoms with van der Waals surface area (Å²) < 4.78 is 15.1. The van der Waals surface area contributed by atoms with Gasteiger partial charge < -0.3 is 0 Å². The van der Waals surface area contributed by atoms with Crippen LogP contribution >= 0.6 is 11.6 Å². The third-order valence-electron chi connectivity index (χ3n) is 2.41. The minimum atomic E-state index is -0.255. The number of rotatable bonds is 2. The molecule has 0 bridgehead atoms. The lowest BCUT2D eigenvalue weighted by Gasteiger charge is -2.07. The molecule has 0 spiro atoms. The van der Waals surface area contributed by atoms with Gasteiger partial charge in [-0.15, -0.1) is 0 Å². The number of hydrogen-bond donors (Lipinski definition) is 0. The van der Waals surface area contributed by atoms with E-state index in [1.165, 1.54) is 12.1 Å². The topological polar surface area (TPSA) is 17.8 Å². The first-order valence-electron chi connectivity index (χ1n) is 5.10. The molecule has 2 aromatic rings. The van der Waals surface area contributed by atoms with E-state index in [0.29, 0.717) is 11.6 Å². The maximum absolute atomic E-state index is 13.3. The molecule has 0 saturated heterocycles. The smallest absolute Gasteiger partial charge is 0.124 e. The van der Waals surface area contributed by atoms with Gasteiger partial charge in [0.15, 0.2) is 0 Å². The number of benzene rings is 1. The van der Waals surface area contributed by atoms with Gasteiger partial charge in [-0.25, -0.2) is 4.39 Å². The molecular weight excluding hydrogens is 227 g/mol. The second-order valence-electron chi connectivity index (χ2n) is 3.67. The van der Waals surface area contributed by atoms with Crippen LogP contribution in [0.15, 0.2) is 24.4 Å². The lowest BCUT2D eigenvalue weighted by atomic mass is 10.1. The lowest BCUT2D eigenvalue weighted by molar-refractivity contribution is 0.625. The molecule has 0 fully saturated rings. The van der Waals surface area contributed by atoms with Gasteiger partial charge in [0.25, 0.3) is 0 Å². The fraction of sp³-hybridized carbons (Fsp3) is 0.250. The van der Waals surface area contributed by atoms with Crippen LogP contribution in [0.5, 0.6) is 0 Å². The molecule has 1 aromatic carbocycles. The van der Waals surface area contributed by atoms with E-state index in [9.17, 15) is 4.39 Å². The minimum absolute atomic E-state index is 0.255. The fourth-order valence-corrected chi connectivity index (χ4v) is 2.01. The molecule has 0 amide bonds. The van der Waals surface area contributed by atoms with Crippen molar-refractivity contribution in [3.63, 3.8) is 0 Å². The van der Waals surface area contributed by atoms with Crippen LogP contribution in [0, 0.1) is 12.7 Å². The first kappa shape index (κ1) is 11.1. The highest BCUT2D eigenvalue weighted by Crippen LogP contribution is 2.28. The average Bonchev–Trinajstić information content (AvgIpc) is 2.58. The van der Waals surface area contributed by atoms with Crippen molar-refractivity contribution in [3.05, 3.63) is 40.8 Å². The van der Waals surface area contributed by atoms with Gasteiger partial charge in [0.05, 0.1) is 16.9 Å². The molecule has 84 valence electrons. The number of aryl methyl sites for hydroxylation is 2. The summed E-state index contributed by atoms with van der Waals surface area (Å²) in [5.74, 6) is -0.255. The first-order chi connectivity index (χ1) is 7.61. The van der Waals surface area contributed by atoms with Gasteiger partial charge >= 0.3 is 0 Å². The summed E-state index contributed by atoms with van der Waals surface area (Å²) in [4.78, 5) is 0. The van der Waals surface area contributed by atoms with Crippen molar-refractivity contribution in [1.82, 2.24) is 9.78 Å². The summed E-state index contributed by atoms with van der Waals surface area (Å²) in [5, 5.41) is 4.68. The molecule has 1 aromatic heterocycles. The SMILES string of the molecule is CCn1ncc(Cl)c1-c1cc(C)cc(F)c1. The maximum atomic E-state index is 13.3. The van der Waals surface area contributed by atoms with Crippen molar-refractivity contribution in [1.29, 1.82) is 0 Å². The standard InChI is InChI=1S/C12H12ClFN2/c1-3-16-12(11(13)7-15-16)9-4-8(2)5-10(14)6-9/h4-7H,3H2,1-2H3. The molecule has 1 heterocycles. The fourth-order valence-electron chi connectivity index (χ4n) is 1.76. The Bertz CT molecular complexity index is 499. The Morgan fingerprint density at radius 3 is 2.75 bits per heavy atom. The van der Waals surface area contributed by atoms with Crippen LogP contribution in [0.25, 0.3) is 11.3 Å². The van der Waals surface area contributed by atoms with Crippen molar-refractivity contribution < 1.29 is 4.39 Å². The molecule has 0 aliphatic heterocycles. The van der Waals surface area contributed by atoms with E-state index in [4.69, 9.17) is 11.6 Å². The molecule has 0 atom stereocenters. The molecule has 0 N–H and O–H groups in total. The maximum Gasteiger partial charge on any atom is 0.124 e. The molecule has 0 aliphatic carbocycles. The van der Waals surface area contributed by atoms with E-state index < -0.39 is 0 Å². The average molecular weight is 239 g/mol. The molecule has 0 aliphatic rings. The Balaban J connectivity index is 2.61. The van der Waals surface area contributed by atoms with Crippen molar-refractivity contribution in [2.75, 3.05) is 0 Å². The Morgan fingerprint density at radius 1 is 1.38 bits per heavy atom. The van der Waals surface area contributed by atoms with Gasteiger partial charge in [-0.1, -0.05) is 11.6 Å². The van der Waals surface area contributed by atoms with Crippen LogP contribution in [-0.4, -0.2) is 9.78 Å². The predicted molar refractivity (Wildman–Crippen MR) is 63.0 cm³/mol. The summed E-state index contributed by atoms with van der Waals surface area (Å²) in [5.41, 5.74) is 2.41. The second-order valence-corrected chi connectivity index (χ2v) is 4.08. The van der Waals surface area contributed by atoms with Crippen molar-refractivity contribution in [2.24, 2.45) is 0 Å². The first-order valence-corrected chi connectivity index (χ1v) is 5.48. The Kier molecular flexibility index (Phi) is 2.97. The quantitative estimate of drug-likeness (QED) is 0.781. The third kappa shape index (κ3) is 1.95. The van der Waals surface area contributed by atoms with Gasteiger partial charge in [0.2, 0.25) is 0 Å². The van der Waals surface area contributed by atoms with E-state index >= 15 is 0 Å². The number of halogens is 2. The Morgan fingerprint density at radius 2 is 2.12 bits per heavy atom. The summed E-state index contributed by atoms with van der Waals surface area (Å²) in [6.07, 6.45) is 1.58. The molecule has 0 saturated carbocycles. The molecular formula is C12H12ClFN2. The Hall–Kier alpha value is -1.35. The van der Waals surface area contributed by atoms with E-state index in [1.807, 2.05) is 19.9 Å². The lowest BCUT2D eigenvalue weighted by Crippen LogP contribution is -1.99. The van der Waals surface area contributed by atoms with Crippen LogP contribution in [-0.2, 0) is 6.54 Å². The summed E-state index contributed by atoms with van der Waals surface area (Å²) >= 11 is 6.06.